The highest BCUT2D eigenvalue weighted by atomic mass is 127. The summed E-state index contributed by atoms with van der Waals surface area (Å²) in [4.78, 5) is 11.9. The standard InChI is InChI=1S/C12H15ClINO2/c1-8(3-2-6-13)15-12(17)10-7-9(14)4-5-11(10)16/h4-5,7-8,16H,2-3,6H2,1H3,(H,15,17). The lowest BCUT2D eigenvalue weighted by Crippen LogP contribution is -2.32. The summed E-state index contributed by atoms with van der Waals surface area (Å²) < 4.78 is 0.916. The second-order valence-corrected chi connectivity index (χ2v) is 5.49. The molecule has 2 N–H and O–H groups in total. The zero-order chi connectivity index (χ0) is 12.8. The number of carbonyl (C=O) groups excluding carboxylic acids is 1. The van der Waals surface area contributed by atoms with Gasteiger partial charge in [-0.05, 0) is 60.6 Å². The first-order valence-corrected chi connectivity index (χ1v) is 7.01. The molecule has 0 fully saturated rings. The maximum atomic E-state index is 11.9. The van der Waals surface area contributed by atoms with E-state index in [0.717, 1.165) is 16.4 Å². The van der Waals surface area contributed by atoms with Crippen LogP contribution in [0.2, 0.25) is 0 Å². The normalized spacial score (nSPS) is 12.2. The molecule has 5 heteroatoms. The Labute approximate surface area is 120 Å². The number of alkyl halides is 1. The molecule has 0 aromatic heterocycles. The summed E-state index contributed by atoms with van der Waals surface area (Å²) in [5.41, 5.74) is 0.314. The molecular weight excluding hydrogens is 352 g/mol. The Bertz CT molecular complexity index is 398. The number of hydrogen-bond acceptors (Lipinski definition) is 2. The smallest absolute Gasteiger partial charge is 0.255 e. The molecule has 1 unspecified atom stereocenters. The van der Waals surface area contributed by atoms with Crippen LogP contribution in [-0.4, -0.2) is 22.9 Å². The summed E-state index contributed by atoms with van der Waals surface area (Å²) >= 11 is 7.69. The van der Waals surface area contributed by atoms with Gasteiger partial charge in [-0.2, -0.15) is 0 Å². The van der Waals surface area contributed by atoms with E-state index in [9.17, 15) is 9.90 Å². The van der Waals surface area contributed by atoms with Crippen LogP contribution in [-0.2, 0) is 0 Å². The van der Waals surface area contributed by atoms with E-state index < -0.39 is 0 Å². The highest BCUT2D eigenvalue weighted by molar-refractivity contribution is 14.1. The van der Waals surface area contributed by atoms with E-state index in [-0.39, 0.29) is 17.7 Å². The van der Waals surface area contributed by atoms with E-state index in [1.54, 1.807) is 12.1 Å². The van der Waals surface area contributed by atoms with Gasteiger partial charge in [-0.25, -0.2) is 0 Å². The molecule has 1 rings (SSSR count). The van der Waals surface area contributed by atoms with Gasteiger partial charge in [0, 0.05) is 15.5 Å². The van der Waals surface area contributed by atoms with Crippen molar-refractivity contribution >= 4 is 40.1 Å². The topological polar surface area (TPSA) is 49.3 Å². The fourth-order valence-electron chi connectivity index (χ4n) is 1.45. The van der Waals surface area contributed by atoms with E-state index in [4.69, 9.17) is 11.6 Å². The molecule has 0 bridgehead atoms. The molecule has 94 valence electrons. The zero-order valence-corrected chi connectivity index (χ0v) is 12.5. The van der Waals surface area contributed by atoms with E-state index in [1.165, 1.54) is 6.07 Å². The summed E-state index contributed by atoms with van der Waals surface area (Å²) in [6.07, 6.45) is 1.70. The Morgan fingerprint density at radius 2 is 2.29 bits per heavy atom. The summed E-state index contributed by atoms with van der Waals surface area (Å²) in [5.74, 6) is 0.352. The molecule has 1 aromatic carbocycles. The Hall–Kier alpha value is -0.490. The molecule has 0 spiro atoms. The fraction of sp³-hybridized carbons (Fsp3) is 0.417. The van der Waals surface area contributed by atoms with Crippen LogP contribution in [0.15, 0.2) is 18.2 Å². The van der Waals surface area contributed by atoms with Crippen molar-refractivity contribution in [2.75, 3.05) is 5.88 Å². The molecule has 1 atom stereocenters. The maximum Gasteiger partial charge on any atom is 0.255 e. The van der Waals surface area contributed by atoms with Crippen molar-refractivity contribution < 1.29 is 9.90 Å². The van der Waals surface area contributed by atoms with Crippen molar-refractivity contribution in [2.24, 2.45) is 0 Å². The number of rotatable bonds is 5. The van der Waals surface area contributed by atoms with Gasteiger partial charge < -0.3 is 10.4 Å². The second kappa shape index (κ2) is 7.06. The number of phenolic OH excluding ortho intramolecular Hbond substituents is 1. The quantitative estimate of drug-likeness (QED) is 0.620. The van der Waals surface area contributed by atoms with Crippen LogP contribution < -0.4 is 5.32 Å². The van der Waals surface area contributed by atoms with Crippen molar-refractivity contribution in [2.45, 2.75) is 25.8 Å². The molecule has 0 saturated heterocycles. The lowest BCUT2D eigenvalue weighted by atomic mass is 10.1. The first-order chi connectivity index (χ1) is 8.04. The first kappa shape index (κ1) is 14.6. The number of phenols is 1. The van der Waals surface area contributed by atoms with Crippen molar-refractivity contribution in [1.82, 2.24) is 5.32 Å². The second-order valence-electron chi connectivity index (χ2n) is 3.87. The first-order valence-electron chi connectivity index (χ1n) is 5.40. The minimum atomic E-state index is -0.247. The maximum absolute atomic E-state index is 11.9. The molecule has 1 amide bonds. The highest BCUT2D eigenvalue weighted by Crippen LogP contribution is 2.19. The molecule has 17 heavy (non-hydrogen) atoms. The number of nitrogens with one attached hydrogen (secondary N) is 1. The summed E-state index contributed by atoms with van der Waals surface area (Å²) in [5, 5.41) is 12.4. The number of carbonyl (C=O) groups is 1. The van der Waals surface area contributed by atoms with Gasteiger partial charge in [0.05, 0.1) is 5.56 Å². The number of halogens is 2. The van der Waals surface area contributed by atoms with Crippen LogP contribution in [0.4, 0.5) is 0 Å². The van der Waals surface area contributed by atoms with Gasteiger partial charge in [0.15, 0.2) is 0 Å². The van der Waals surface area contributed by atoms with E-state index in [1.807, 2.05) is 6.92 Å². The van der Waals surface area contributed by atoms with Gasteiger partial charge in [0.1, 0.15) is 5.75 Å². The van der Waals surface area contributed by atoms with Crippen LogP contribution in [0.1, 0.15) is 30.1 Å². The molecule has 0 heterocycles. The van der Waals surface area contributed by atoms with Gasteiger partial charge >= 0.3 is 0 Å². The zero-order valence-electron chi connectivity index (χ0n) is 9.54. The molecule has 3 nitrogen and oxygen atoms in total. The van der Waals surface area contributed by atoms with Crippen molar-refractivity contribution in [3.05, 3.63) is 27.3 Å². The number of benzene rings is 1. The third kappa shape index (κ3) is 4.71. The van der Waals surface area contributed by atoms with Crippen LogP contribution in [0.5, 0.6) is 5.75 Å². The average molecular weight is 368 g/mol. The fourth-order valence-corrected chi connectivity index (χ4v) is 2.09. The van der Waals surface area contributed by atoms with Crippen LogP contribution in [0, 0.1) is 3.57 Å². The van der Waals surface area contributed by atoms with Crippen molar-refractivity contribution in [3.63, 3.8) is 0 Å². The number of hydrogen-bond donors (Lipinski definition) is 2. The summed E-state index contributed by atoms with van der Waals surface area (Å²) in [7, 11) is 0. The molecular formula is C12H15ClINO2. The van der Waals surface area contributed by atoms with Gasteiger partial charge in [-0.1, -0.05) is 0 Å². The lowest BCUT2D eigenvalue weighted by molar-refractivity contribution is 0.0935. The molecule has 0 saturated carbocycles. The number of aromatic hydroxyl groups is 1. The van der Waals surface area contributed by atoms with Gasteiger partial charge in [-0.15, -0.1) is 11.6 Å². The third-order valence-electron chi connectivity index (χ3n) is 2.35. The summed E-state index contributed by atoms with van der Waals surface area (Å²) in [6, 6.07) is 5.00. The van der Waals surface area contributed by atoms with Gasteiger partial charge in [0.25, 0.3) is 5.91 Å². The van der Waals surface area contributed by atoms with Crippen molar-refractivity contribution in [1.29, 1.82) is 0 Å². The van der Waals surface area contributed by atoms with E-state index in [2.05, 4.69) is 27.9 Å². The average Bonchev–Trinajstić information content (AvgIpc) is 2.29. The molecule has 0 aliphatic rings. The Morgan fingerprint density at radius 1 is 1.59 bits per heavy atom. The predicted octanol–water partition coefficient (Wildman–Crippen LogP) is 3.13. The minimum absolute atomic E-state index is 0.00691. The molecule has 0 aliphatic carbocycles. The van der Waals surface area contributed by atoms with Crippen molar-refractivity contribution in [3.8, 4) is 5.75 Å². The third-order valence-corrected chi connectivity index (χ3v) is 3.29. The molecule has 1 aromatic rings. The van der Waals surface area contributed by atoms with Crippen LogP contribution in [0.3, 0.4) is 0 Å². The van der Waals surface area contributed by atoms with E-state index >= 15 is 0 Å². The monoisotopic (exact) mass is 367 g/mol. The lowest BCUT2D eigenvalue weighted by Gasteiger charge is -2.13. The predicted molar refractivity (Wildman–Crippen MR) is 77.7 cm³/mol. The van der Waals surface area contributed by atoms with Gasteiger partial charge in [0.2, 0.25) is 0 Å². The minimum Gasteiger partial charge on any atom is -0.507 e. The largest absolute Gasteiger partial charge is 0.507 e. The summed E-state index contributed by atoms with van der Waals surface area (Å²) in [6.45, 7) is 1.93. The van der Waals surface area contributed by atoms with Gasteiger partial charge in [-0.3, -0.25) is 4.79 Å². The Balaban J connectivity index is 2.66. The Kier molecular flexibility index (Phi) is 6.05. The molecule has 0 aliphatic heterocycles. The van der Waals surface area contributed by atoms with Crippen LogP contribution >= 0.6 is 34.2 Å². The number of amides is 1. The molecule has 0 radical (unpaired) electrons. The van der Waals surface area contributed by atoms with Crippen LogP contribution in [0.25, 0.3) is 0 Å². The SMILES string of the molecule is CC(CCCCl)NC(=O)c1cc(I)ccc1O. The Morgan fingerprint density at radius 3 is 2.94 bits per heavy atom. The van der Waals surface area contributed by atoms with E-state index in [0.29, 0.717) is 11.4 Å². The highest BCUT2D eigenvalue weighted by Gasteiger charge is 2.13.